The fourth-order valence-corrected chi connectivity index (χ4v) is 3.42. The van der Waals surface area contributed by atoms with Crippen LogP contribution in [-0.2, 0) is 0 Å². The molecule has 1 fully saturated rings. The largest absolute Gasteiger partial charge is 0.356 e. The summed E-state index contributed by atoms with van der Waals surface area (Å²) in [6, 6.07) is 10.3. The zero-order valence-electron chi connectivity index (χ0n) is 12.0. The number of fused-ring (bicyclic) bond motifs is 2. The van der Waals surface area contributed by atoms with E-state index in [0.717, 1.165) is 36.2 Å². The van der Waals surface area contributed by atoms with E-state index in [9.17, 15) is 5.26 Å². The van der Waals surface area contributed by atoms with E-state index in [2.05, 4.69) is 39.0 Å². The molecule has 1 aromatic heterocycles. The molecule has 0 spiro atoms. The van der Waals surface area contributed by atoms with Gasteiger partial charge in [-0.1, -0.05) is 6.07 Å². The van der Waals surface area contributed by atoms with Gasteiger partial charge in [0.2, 0.25) is 0 Å². The third-order valence-corrected chi connectivity index (χ3v) is 4.53. The van der Waals surface area contributed by atoms with Crippen LogP contribution in [0.5, 0.6) is 0 Å². The van der Waals surface area contributed by atoms with E-state index < -0.39 is 0 Å². The van der Waals surface area contributed by atoms with Gasteiger partial charge in [0.05, 0.1) is 23.7 Å². The number of hydrogen-bond donors (Lipinski definition) is 0. The highest BCUT2D eigenvalue weighted by Crippen LogP contribution is 2.25. The molecule has 3 heterocycles. The van der Waals surface area contributed by atoms with E-state index in [-0.39, 0.29) is 0 Å². The molecule has 4 heteroatoms. The molecule has 0 atom stereocenters. The average Bonchev–Trinajstić information content (AvgIpc) is 2.98. The molecule has 0 amide bonds. The zero-order valence-corrected chi connectivity index (χ0v) is 12.0. The summed E-state index contributed by atoms with van der Waals surface area (Å²) in [5, 5.41) is 12.6. The Hall–Kier alpha value is -2.41. The third kappa shape index (κ3) is 1.97. The summed E-state index contributed by atoms with van der Waals surface area (Å²) in [4.78, 5) is 2.48. The van der Waals surface area contributed by atoms with Gasteiger partial charge in [-0.3, -0.25) is 9.69 Å². The Morgan fingerprint density at radius 3 is 3.00 bits per heavy atom. The number of aromatic nitrogens is 1. The van der Waals surface area contributed by atoms with Gasteiger partial charge < -0.3 is 4.90 Å². The molecule has 4 nitrogen and oxygen atoms in total. The maximum absolute atomic E-state index is 9.22. The topological polar surface area (TPSA) is 35.2 Å². The fraction of sp³-hybridized carbons (Fsp3) is 0.353. The van der Waals surface area contributed by atoms with Gasteiger partial charge in [-0.2, -0.15) is 5.26 Å². The lowest BCUT2D eigenvalue weighted by Gasteiger charge is -2.41. The maximum atomic E-state index is 9.22. The molecule has 2 aromatic rings. The second-order valence-electron chi connectivity index (χ2n) is 5.76. The minimum absolute atomic E-state index is 0.748. The van der Waals surface area contributed by atoms with Crippen molar-refractivity contribution in [2.75, 3.05) is 24.8 Å². The number of nitriles is 1. The summed E-state index contributed by atoms with van der Waals surface area (Å²) < 4.78 is 2.19. The van der Waals surface area contributed by atoms with Crippen molar-refractivity contribution < 1.29 is 0 Å². The van der Waals surface area contributed by atoms with E-state index in [1.165, 1.54) is 25.0 Å². The Morgan fingerprint density at radius 2 is 2.10 bits per heavy atom. The highest BCUT2D eigenvalue weighted by Gasteiger charge is 2.22. The lowest BCUT2D eigenvalue weighted by atomic mass is 10.1. The number of rotatable bonds is 1. The van der Waals surface area contributed by atoms with Crippen molar-refractivity contribution in [3.8, 4) is 6.07 Å². The Balaban J connectivity index is 1.72. The van der Waals surface area contributed by atoms with E-state index in [0.29, 0.717) is 0 Å². The van der Waals surface area contributed by atoms with Crippen LogP contribution in [0.25, 0.3) is 10.9 Å². The second kappa shape index (κ2) is 4.85. The minimum atomic E-state index is 0.748. The molecule has 0 saturated carbocycles. The van der Waals surface area contributed by atoms with Crippen LogP contribution in [0.1, 0.15) is 24.8 Å². The first kappa shape index (κ1) is 12.3. The molecule has 1 aromatic carbocycles. The van der Waals surface area contributed by atoms with Crippen molar-refractivity contribution in [1.29, 1.82) is 5.26 Å². The summed E-state index contributed by atoms with van der Waals surface area (Å²) in [7, 11) is 0. The molecular formula is C17H18N4. The van der Waals surface area contributed by atoms with E-state index in [4.69, 9.17) is 0 Å². The highest BCUT2D eigenvalue weighted by atomic mass is 15.6. The van der Waals surface area contributed by atoms with Gasteiger partial charge in [0.15, 0.2) is 0 Å². The normalized spacial score (nSPS) is 18.3. The van der Waals surface area contributed by atoms with Gasteiger partial charge in [-0.25, -0.2) is 0 Å². The van der Waals surface area contributed by atoms with Crippen LogP contribution in [0.3, 0.4) is 0 Å². The van der Waals surface area contributed by atoms with Crippen LogP contribution in [-0.4, -0.2) is 29.3 Å². The van der Waals surface area contributed by atoms with Crippen molar-refractivity contribution in [2.45, 2.75) is 19.3 Å². The SMILES string of the molecule is N#Cc1cccc2c1ccn2N1CC=C2CCCCN2C1. The molecule has 0 unspecified atom stereocenters. The van der Waals surface area contributed by atoms with Crippen molar-refractivity contribution >= 4 is 10.9 Å². The van der Waals surface area contributed by atoms with Gasteiger partial charge in [-0.05, 0) is 43.5 Å². The molecular weight excluding hydrogens is 260 g/mol. The van der Waals surface area contributed by atoms with Gasteiger partial charge in [0.1, 0.15) is 6.67 Å². The second-order valence-corrected chi connectivity index (χ2v) is 5.76. The molecule has 2 aliphatic rings. The first-order valence-corrected chi connectivity index (χ1v) is 7.56. The molecule has 0 bridgehead atoms. The van der Waals surface area contributed by atoms with Gasteiger partial charge in [0.25, 0.3) is 0 Å². The minimum Gasteiger partial charge on any atom is -0.356 e. The first-order chi connectivity index (χ1) is 10.4. The average molecular weight is 278 g/mol. The smallest absolute Gasteiger partial charge is 0.105 e. The molecule has 0 radical (unpaired) electrons. The first-order valence-electron chi connectivity index (χ1n) is 7.56. The predicted molar refractivity (Wildman–Crippen MR) is 83.2 cm³/mol. The van der Waals surface area contributed by atoms with Crippen LogP contribution >= 0.6 is 0 Å². The standard InChI is InChI=1S/C17H18N4/c18-12-14-4-3-6-17-16(14)8-11-21(17)20-10-7-15-5-1-2-9-19(15)13-20/h3-4,6-8,11H,1-2,5,9-10,13H2. The Labute approximate surface area is 124 Å². The predicted octanol–water partition coefficient (Wildman–Crippen LogP) is 2.79. The summed E-state index contributed by atoms with van der Waals surface area (Å²) in [5.74, 6) is 0. The van der Waals surface area contributed by atoms with Gasteiger partial charge >= 0.3 is 0 Å². The molecule has 0 aliphatic carbocycles. The van der Waals surface area contributed by atoms with Crippen LogP contribution in [0.2, 0.25) is 0 Å². The Bertz CT molecular complexity index is 750. The summed E-state index contributed by atoms with van der Waals surface area (Å²) in [6.45, 7) is 3.03. The number of nitrogens with zero attached hydrogens (tertiary/aromatic N) is 4. The molecule has 2 aliphatic heterocycles. The monoisotopic (exact) mass is 278 g/mol. The Kier molecular flexibility index (Phi) is 2.85. The maximum Gasteiger partial charge on any atom is 0.105 e. The molecule has 106 valence electrons. The van der Waals surface area contributed by atoms with E-state index in [1.807, 2.05) is 18.2 Å². The molecule has 21 heavy (non-hydrogen) atoms. The van der Waals surface area contributed by atoms with Crippen molar-refractivity contribution in [1.82, 2.24) is 9.58 Å². The number of hydrogen-bond acceptors (Lipinski definition) is 3. The van der Waals surface area contributed by atoms with Crippen LogP contribution < -0.4 is 5.01 Å². The van der Waals surface area contributed by atoms with Crippen LogP contribution in [0.15, 0.2) is 42.2 Å². The molecule has 1 saturated heterocycles. The van der Waals surface area contributed by atoms with Crippen LogP contribution in [0, 0.1) is 11.3 Å². The highest BCUT2D eigenvalue weighted by molar-refractivity contribution is 5.86. The fourth-order valence-electron chi connectivity index (χ4n) is 3.42. The molecule has 4 rings (SSSR count). The third-order valence-electron chi connectivity index (χ3n) is 4.53. The van der Waals surface area contributed by atoms with Crippen LogP contribution in [0.4, 0.5) is 0 Å². The van der Waals surface area contributed by atoms with Crippen molar-refractivity contribution in [3.63, 3.8) is 0 Å². The summed E-state index contributed by atoms with van der Waals surface area (Å²) in [6.07, 6.45) is 8.26. The zero-order chi connectivity index (χ0) is 14.2. The van der Waals surface area contributed by atoms with Gasteiger partial charge in [0, 0.05) is 23.8 Å². The lowest BCUT2D eigenvalue weighted by molar-refractivity contribution is 0.259. The summed E-state index contributed by atoms with van der Waals surface area (Å²) in [5.41, 5.74) is 3.37. The van der Waals surface area contributed by atoms with Crippen molar-refractivity contribution in [2.24, 2.45) is 0 Å². The summed E-state index contributed by atoms with van der Waals surface area (Å²) >= 11 is 0. The number of benzene rings is 1. The lowest BCUT2D eigenvalue weighted by Crippen LogP contribution is -2.48. The van der Waals surface area contributed by atoms with Gasteiger partial charge in [-0.15, -0.1) is 0 Å². The van der Waals surface area contributed by atoms with E-state index in [1.54, 1.807) is 0 Å². The van der Waals surface area contributed by atoms with E-state index >= 15 is 0 Å². The quantitative estimate of drug-likeness (QED) is 0.804. The number of allylic oxidation sites excluding steroid dienone is 1. The van der Waals surface area contributed by atoms with Crippen molar-refractivity contribution in [3.05, 3.63) is 47.8 Å². The Morgan fingerprint density at radius 1 is 1.14 bits per heavy atom. The number of piperidine rings is 1. The molecule has 0 N–H and O–H groups in total.